The minimum absolute atomic E-state index is 0.0642. The van der Waals surface area contributed by atoms with Crippen LogP contribution in [0.4, 0.5) is 22.0 Å². The van der Waals surface area contributed by atoms with Crippen LogP contribution in [0.2, 0.25) is 0 Å². The van der Waals surface area contributed by atoms with Crippen LogP contribution in [0.5, 0.6) is 5.75 Å². The van der Waals surface area contributed by atoms with Crippen molar-refractivity contribution in [1.29, 1.82) is 0 Å². The molecule has 1 aliphatic carbocycles. The van der Waals surface area contributed by atoms with Crippen molar-refractivity contribution in [2.75, 3.05) is 0 Å². The average molecular weight is 398 g/mol. The van der Waals surface area contributed by atoms with Crippen molar-refractivity contribution in [3.8, 4) is 5.75 Å². The second-order valence-corrected chi connectivity index (χ2v) is 7.38. The summed E-state index contributed by atoms with van der Waals surface area (Å²) in [5.74, 6) is -2.14. The van der Waals surface area contributed by atoms with E-state index in [4.69, 9.17) is 4.42 Å². The van der Waals surface area contributed by atoms with E-state index in [1.807, 2.05) is 0 Å². The van der Waals surface area contributed by atoms with Gasteiger partial charge in [0.15, 0.2) is 22.7 Å². The van der Waals surface area contributed by atoms with E-state index in [2.05, 4.69) is 11.7 Å². The van der Waals surface area contributed by atoms with Crippen molar-refractivity contribution in [2.24, 2.45) is 5.92 Å². The second kappa shape index (κ2) is 6.94. The van der Waals surface area contributed by atoms with Gasteiger partial charge in [0, 0.05) is 10.8 Å². The zero-order chi connectivity index (χ0) is 20.1. The summed E-state index contributed by atoms with van der Waals surface area (Å²) in [5.41, 5.74) is -0.0519. The molecule has 0 radical (unpaired) electrons. The molecular formula is C21H19F5O2. The summed E-state index contributed by atoms with van der Waals surface area (Å²) in [6.45, 7) is 2.15. The largest absolute Gasteiger partial charge is 0.573 e. The number of fused-ring (bicyclic) bond motifs is 3. The molecule has 0 saturated heterocycles. The molecule has 0 bridgehead atoms. The van der Waals surface area contributed by atoms with Gasteiger partial charge in [-0.05, 0) is 61.3 Å². The predicted octanol–water partition coefficient (Wildman–Crippen LogP) is 7.45. The molecule has 3 aromatic rings. The lowest BCUT2D eigenvalue weighted by atomic mass is 9.77. The fourth-order valence-corrected chi connectivity index (χ4v) is 4.24. The normalized spacial score (nSPS) is 20.8. The zero-order valence-electron chi connectivity index (χ0n) is 15.2. The molecule has 0 N–H and O–H groups in total. The van der Waals surface area contributed by atoms with Crippen molar-refractivity contribution in [1.82, 2.24) is 0 Å². The highest BCUT2D eigenvalue weighted by Crippen LogP contribution is 2.42. The zero-order valence-corrected chi connectivity index (χ0v) is 15.2. The van der Waals surface area contributed by atoms with Crippen LogP contribution >= 0.6 is 0 Å². The molecule has 28 heavy (non-hydrogen) atoms. The maximum atomic E-state index is 15.1. The third-order valence-corrected chi connectivity index (χ3v) is 5.77. The number of ether oxygens (including phenoxy) is 1. The molecule has 1 fully saturated rings. The molecule has 0 amide bonds. The summed E-state index contributed by atoms with van der Waals surface area (Å²) in [6, 6.07) is 5.45. The number of benzene rings is 2. The van der Waals surface area contributed by atoms with Crippen LogP contribution in [0.25, 0.3) is 21.9 Å². The molecule has 0 unspecified atom stereocenters. The topological polar surface area (TPSA) is 22.4 Å². The van der Waals surface area contributed by atoms with Crippen LogP contribution in [0.15, 0.2) is 28.7 Å². The molecular weight excluding hydrogens is 379 g/mol. The Hall–Kier alpha value is -2.31. The van der Waals surface area contributed by atoms with E-state index in [0.29, 0.717) is 16.9 Å². The van der Waals surface area contributed by atoms with Gasteiger partial charge in [0.1, 0.15) is 0 Å². The minimum atomic E-state index is -5.03. The van der Waals surface area contributed by atoms with Crippen LogP contribution in [0.3, 0.4) is 0 Å². The number of alkyl halides is 3. The van der Waals surface area contributed by atoms with E-state index >= 15 is 4.39 Å². The molecule has 0 aliphatic heterocycles. The minimum Gasteiger partial charge on any atom is -0.450 e. The Morgan fingerprint density at radius 2 is 1.54 bits per heavy atom. The monoisotopic (exact) mass is 398 g/mol. The first-order chi connectivity index (χ1) is 13.3. The highest BCUT2D eigenvalue weighted by Gasteiger charge is 2.33. The van der Waals surface area contributed by atoms with Crippen LogP contribution in [-0.4, -0.2) is 6.36 Å². The Morgan fingerprint density at radius 1 is 0.929 bits per heavy atom. The smallest absolute Gasteiger partial charge is 0.450 e. The van der Waals surface area contributed by atoms with Gasteiger partial charge in [-0.25, -0.2) is 4.39 Å². The maximum absolute atomic E-state index is 15.1. The van der Waals surface area contributed by atoms with Gasteiger partial charge in [-0.1, -0.05) is 19.4 Å². The lowest BCUT2D eigenvalue weighted by molar-refractivity contribution is -0.275. The third-order valence-electron chi connectivity index (χ3n) is 5.77. The fraction of sp³-hybridized carbons (Fsp3) is 0.429. The Bertz CT molecular complexity index is 1010. The molecule has 0 spiro atoms. The summed E-state index contributed by atoms with van der Waals surface area (Å²) < 4.78 is 75.9. The highest BCUT2D eigenvalue weighted by atomic mass is 19.4. The quantitative estimate of drug-likeness (QED) is 0.428. The van der Waals surface area contributed by atoms with Gasteiger partial charge in [0.05, 0.1) is 0 Å². The standard InChI is InChI=1S/C21H19F5O2/c1-2-11-3-5-12(6-4-11)13-7-8-14-15-9-10-16(28-21(24,25)26)18(23)20(15)27-19(14)17(13)22/h7-12H,2-6H2,1H3. The van der Waals surface area contributed by atoms with E-state index in [0.717, 1.165) is 38.2 Å². The average Bonchev–Trinajstić information content (AvgIpc) is 3.04. The summed E-state index contributed by atoms with van der Waals surface area (Å²) in [7, 11) is 0. The molecule has 1 saturated carbocycles. The van der Waals surface area contributed by atoms with Crippen molar-refractivity contribution in [3.63, 3.8) is 0 Å². The molecule has 1 aromatic heterocycles. The molecule has 150 valence electrons. The maximum Gasteiger partial charge on any atom is 0.573 e. The lowest BCUT2D eigenvalue weighted by Crippen LogP contribution is -2.17. The van der Waals surface area contributed by atoms with Crippen LogP contribution in [0.1, 0.15) is 50.5 Å². The first kappa shape index (κ1) is 19.0. The number of hydrogen-bond acceptors (Lipinski definition) is 2. The SMILES string of the molecule is CCC1CCC(c2ccc3c(oc4c(F)c(OC(F)(F)F)ccc43)c2F)CC1. The molecule has 1 aliphatic rings. The third kappa shape index (κ3) is 3.31. The fourth-order valence-electron chi connectivity index (χ4n) is 4.24. The Labute approximate surface area is 158 Å². The van der Waals surface area contributed by atoms with Gasteiger partial charge in [0.25, 0.3) is 0 Å². The van der Waals surface area contributed by atoms with Gasteiger partial charge < -0.3 is 9.15 Å². The summed E-state index contributed by atoms with van der Waals surface area (Å²) in [6.07, 6.45) is -0.106. The summed E-state index contributed by atoms with van der Waals surface area (Å²) in [4.78, 5) is 0. The van der Waals surface area contributed by atoms with Crippen LogP contribution in [0, 0.1) is 17.6 Å². The van der Waals surface area contributed by atoms with E-state index in [1.165, 1.54) is 6.07 Å². The number of rotatable bonds is 3. The first-order valence-corrected chi connectivity index (χ1v) is 9.37. The van der Waals surface area contributed by atoms with Crippen molar-refractivity contribution < 1.29 is 31.1 Å². The first-order valence-electron chi connectivity index (χ1n) is 9.37. The Balaban J connectivity index is 1.76. The Kier molecular flexibility index (Phi) is 4.71. The number of furan rings is 1. The summed E-state index contributed by atoms with van der Waals surface area (Å²) >= 11 is 0. The van der Waals surface area contributed by atoms with E-state index in [9.17, 15) is 17.6 Å². The van der Waals surface area contributed by atoms with Gasteiger partial charge >= 0.3 is 6.36 Å². The van der Waals surface area contributed by atoms with Crippen LogP contribution in [-0.2, 0) is 0 Å². The van der Waals surface area contributed by atoms with Gasteiger partial charge in [-0.2, -0.15) is 4.39 Å². The van der Waals surface area contributed by atoms with Crippen molar-refractivity contribution >= 4 is 21.9 Å². The van der Waals surface area contributed by atoms with Gasteiger partial charge in [-0.3, -0.25) is 0 Å². The molecule has 0 atom stereocenters. The lowest BCUT2D eigenvalue weighted by Gasteiger charge is -2.28. The molecule has 4 rings (SSSR count). The van der Waals surface area contributed by atoms with Gasteiger partial charge in [-0.15, -0.1) is 13.2 Å². The second-order valence-electron chi connectivity index (χ2n) is 7.38. The molecule has 2 aromatic carbocycles. The van der Waals surface area contributed by atoms with Gasteiger partial charge in [0.2, 0.25) is 5.82 Å². The van der Waals surface area contributed by atoms with Crippen molar-refractivity contribution in [2.45, 2.75) is 51.3 Å². The predicted molar refractivity (Wildman–Crippen MR) is 95.3 cm³/mol. The van der Waals surface area contributed by atoms with E-state index in [-0.39, 0.29) is 16.9 Å². The van der Waals surface area contributed by atoms with E-state index < -0.39 is 29.3 Å². The summed E-state index contributed by atoms with van der Waals surface area (Å²) in [5, 5.41) is 0.540. The molecule has 1 heterocycles. The number of halogens is 5. The van der Waals surface area contributed by atoms with Crippen molar-refractivity contribution in [3.05, 3.63) is 41.5 Å². The van der Waals surface area contributed by atoms with E-state index in [1.54, 1.807) is 12.1 Å². The molecule has 7 heteroatoms. The molecule has 2 nitrogen and oxygen atoms in total. The number of hydrogen-bond donors (Lipinski definition) is 0. The van der Waals surface area contributed by atoms with Crippen LogP contribution < -0.4 is 4.74 Å². The Morgan fingerprint density at radius 3 is 2.14 bits per heavy atom. The highest BCUT2D eigenvalue weighted by molar-refractivity contribution is 6.05.